The molecule has 0 amide bonds. The van der Waals surface area contributed by atoms with Gasteiger partial charge in [0.05, 0.1) is 0 Å². The molecule has 0 unspecified atom stereocenters. The van der Waals surface area contributed by atoms with Crippen LogP contribution in [0.25, 0.3) is 12.3 Å². The number of hydrogen-bond donors (Lipinski definition) is 0. The van der Waals surface area contributed by atoms with Crippen molar-refractivity contribution in [1.29, 1.82) is 0 Å². The molecule has 0 radical (unpaired) electrons. The van der Waals surface area contributed by atoms with Crippen LogP contribution in [0.15, 0.2) is 0 Å². The molecule has 0 aliphatic rings. The summed E-state index contributed by atoms with van der Waals surface area (Å²) in [6.07, 6.45) is 0. The molecule has 0 aromatic carbocycles. The van der Waals surface area contributed by atoms with E-state index in [2.05, 4.69) is 0 Å². The third-order valence-corrected chi connectivity index (χ3v) is 0. The fourth-order valence-electron chi connectivity index (χ4n) is 0. The average molecular weight is 260 g/mol. The number of rotatable bonds is 0. The minimum Gasteiger partial charge on any atom is -0.693 e. The van der Waals surface area contributed by atoms with E-state index in [1.165, 1.54) is 0 Å². The zero-order valence-electron chi connectivity index (χ0n) is 2.97. The second kappa shape index (κ2) is 180. The van der Waals surface area contributed by atoms with Crippen molar-refractivity contribution in [3.8, 4) is 0 Å². The SMILES string of the molecule is O.[CH3-].[NH2-].[NH2-].[Pt]. The van der Waals surface area contributed by atoms with Crippen LogP contribution in [0.1, 0.15) is 0 Å². The average Bonchev–Trinajstić information content (AvgIpc) is 0. The van der Waals surface area contributed by atoms with E-state index in [4.69, 9.17) is 0 Å². The Labute approximate surface area is 46.9 Å². The van der Waals surface area contributed by atoms with Crippen LogP contribution in [0.3, 0.4) is 0 Å². The van der Waals surface area contributed by atoms with Crippen molar-refractivity contribution in [3.63, 3.8) is 0 Å². The van der Waals surface area contributed by atoms with E-state index in [0.29, 0.717) is 0 Å². The van der Waals surface area contributed by atoms with Gasteiger partial charge in [-0.1, -0.05) is 0 Å². The van der Waals surface area contributed by atoms with E-state index >= 15 is 0 Å². The van der Waals surface area contributed by atoms with Crippen molar-refractivity contribution in [3.05, 3.63) is 19.7 Å². The van der Waals surface area contributed by atoms with Crippen LogP contribution in [0.2, 0.25) is 0 Å². The molecular formula is CH9N2OPt-3. The van der Waals surface area contributed by atoms with Gasteiger partial charge in [0.25, 0.3) is 0 Å². The first-order chi connectivity index (χ1) is 0. The maximum Gasteiger partial charge on any atom is 0 e. The smallest absolute Gasteiger partial charge is 0 e. The van der Waals surface area contributed by atoms with E-state index in [0.717, 1.165) is 0 Å². The molecule has 42 valence electrons. The van der Waals surface area contributed by atoms with Crippen molar-refractivity contribution in [2.45, 2.75) is 0 Å². The van der Waals surface area contributed by atoms with Gasteiger partial charge in [0.2, 0.25) is 0 Å². The van der Waals surface area contributed by atoms with Crippen molar-refractivity contribution < 1.29 is 26.5 Å². The topological polar surface area (TPSA) is 98.5 Å². The Hall–Kier alpha value is 0.568. The summed E-state index contributed by atoms with van der Waals surface area (Å²) in [5.41, 5.74) is 0. The Morgan fingerprint density at radius 1 is 0.800 bits per heavy atom. The maximum atomic E-state index is 0. The van der Waals surface area contributed by atoms with E-state index in [-0.39, 0.29) is 46.3 Å². The van der Waals surface area contributed by atoms with Gasteiger partial charge in [0.15, 0.2) is 0 Å². The summed E-state index contributed by atoms with van der Waals surface area (Å²) in [4.78, 5) is 0. The van der Waals surface area contributed by atoms with Gasteiger partial charge in [-0.3, -0.25) is 0 Å². The Morgan fingerprint density at radius 3 is 0.800 bits per heavy atom. The minimum absolute atomic E-state index is 0. The molecule has 0 aliphatic heterocycles. The molecule has 5 heavy (non-hydrogen) atoms. The predicted octanol–water partition coefficient (Wildman–Crippen LogP) is 1.06. The summed E-state index contributed by atoms with van der Waals surface area (Å²) >= 11 is 0. The van der Waals surface area contributed by atoms with Crippen molar-refractivity contribution in [1.82, 2.24) is 0 Å². The van der Waals surface area contributed by atoms with Gasteiger partial charge in [0, 0.05) is 21.1 Å². The molecule has 4 heteroatoms. The quantitative estimate of drug-likeness (QED) is 0.582. The Morgan fingerprint density at radius 2 is 0.800 bits per heavy atom. The molecule has 3 nitrogen and oxygen atoms in total. The first-order valence-corrected chi connectivity index (χ1v) is 0. The van der Waals surface area contributed by atoms with E-state index in [1.807, 2.05) is 0 Å². The van der Waals surface area contributed by atoms with E-state index in [9.17, 15) is 0 Å². The third kappa shape index (κ3) is 93.3. The van der Waals surface area contributed by atoms with Gasteiger partial charge >= 0.3 is 0 Å². The van der Waals surface area contributed by atoms with Gasteiger partial charge in [-0.05, 0) is 0 Å². The van der Waals surface area contributed by atoms with Crippen LogP contribution >= 0.6 is 0 Å². The molecule has 0 bridgehead atoms. The molecule has 0 aromatic heterocycles. The van der Waals surface area contributed by atoms with Crippen LogP contribution in [-0.2, 0) is 21.1 Å². The molecule has 0 fully saturated rings. The van der Waals surface area contributed by atoms with Crippen molar-refractivity contribution >= 4 is 0 Å². The molecule has 0 aromatic rings. The summed E-state index contributed by atoms with van der Waals surface area (Å²) in [6.45, 7) is 0. The Balaban J connectivity index is 0. The normalized spacial score (nSPS) is 0. The molecule has 0 rings (SSSR count). The zero-order valence-corrected chi connectivity index (χ0v) is 5.24. The third-order valence-electron chi connectivity index (χ3n) is 0. The molecule has 0 aliphatic carbocycles. The molecule has 0 saturated carbocycles. The van der Waals surface area contributed by atoms with Crippen LogP contribution in [0.4, 0.5) is 0 Å². The summed E-state index contributed by atoms with van der Waals surface area (Å²) in [5.74, 6) is 0. The second-order valence-electron chi connectivity index (χ2n) is 0. The molecule has 0 saturated heterocycles. The number of nitrogens with two attached hydrogens (primary N) is 2. The van der Waals surface area contributed by atoms with Crippen LogP contribution in [0, 0.1) is 7.43 Å². The molecule has 0 spiro atoms. The van der Waals surface area contributed by atoms with Gasteiger partial charge < -0.3 is 25.2 Å². The largest absolute Gasteiger partial charge is 0.693 e. The van der Waals surface area contributed by atoms with Crippen LogP contribution in [-0.4, -0.2) is 5.48 Å². The summed E-state index contributed by atoms with van der Waals surface area (Å²) in [6, 6.07) is 0. The first kappa shape index (κ1) is 360. The summed E-state index contributed by atoms with van der Waals surface area (Å²) in [7, 11) is 0. The Kier molecular flexibility index (Phi) is 13000. The van der Waals surface area contributed by atoms with Gasteiger partial charge in [-0.15, -0.1) is 0 Å². The molecule has 6 N–H and O–H groups in total. The van der Waals surface area contributed by atoms with Crippen molar-refractivity contribution in [2.75, 3.05) is 0 Å². The standard InChI is InChI=1S/CH3.2H2N.H2O.Pt/h1H3;3*1H2;/q3*-1;;. The van der Waals surface area contributed by atoms with E-state index in [1.54, 1.807) is 0 Å². The molecule has 0 heterocycles. The Bertz CT molecular complexity index is 9.61. The van der Waals surface area contributed by atoms with Crippen LogP contribution < -0.4 is 0 Å². The first-order valence-electron chi connectivity index (χ1n) is 0. The summed E-state index contributed by atoms with van der Waals surface area (Å²) in [5, 5.41) is 0. The zero-order chi connectivity index (χ0) is 0. The minimum atomic E-state index is 0. The second-order valence-corrected chi connectivity index (χ2v) is 0. The predicted molar refractivity (Wildman–Crippen MR) is 20.6 cm³/mol. The molecule has 0 atom stereocenters. The van der Waals surface area contributed by atoms with Crippen LogP contribution in [0.5, 0.6) is 0 Å². The van der Waals surface area contributed by atoms with Gasteiger partial charge in [0.1, 0.15) is 0 Å². The van der Waals surface area contributed by atoms with Gasteiger partial charge in [-0.2, -0.15) is 0 Å². The monoisotopic (exact) mass is 260 g/mol. The van der Waals surface area contributed by atoms with Crippen molar-refractivity contribution in [2.24, 2.45) is 0 Å². The fraction of sp³-hybridized carbons (Fsp3) is 0. The number of hydrogen-bond acceptors (Lipinski definition) is 0. The molecular weight excluding hydrogens is 251 g/mol. The maximum absolute atomic E-state index is 0. The summed E-state index contributed by atoms with van der Waals surface area (Å²) < 4.78 is 0. The van der Waals surface area contributed by atoms with Gasteiger partial charge in [-0.25, -0.2) is 0 Å². The fourth-order valence-corrected chi connectivity index (χ4v) is 0. The van der Waals surface area contributed by atoms with E-state index < -0.39 is 0 Å².